The highest BCUT2D eigenvalue weighted by Crippen LogP contribution is 2.18. The molecule has 0 aromatic heterocycles. The Labute approximate surface area is 160 Å². The first-order chi connectivity index (χ1) is 12.5. The minimum Gasteiger partial charge on any atom is -0.339 e. The molecule has 0 atom stereocenters. The number of likely N-dealkylation sites (tertiary alicyclic amines) is 1. The Bertz CT molecular complexity index is 795. The molecule has 0 spiro atoms. The van der Waals surface area contributed by atoms with Crippen LogP contribution >= 0.6 is 12.2 Å². The van der Waals surface area contributed by atoms with Crippen LogP contribution in [0.4, 0.5) is 11.4 Å². The highest BCUT2D eigenvalue weighted by molar-refractivity contribution is 7.80. The van der Waals surface area contributed by atoms with Crippen molar-refractivity contribution in [3.63, 3.8) is 0 Å². The molecular weight excluding hydrogens is 342 g/mol. The third-order valence-corrected chi connectivity index (χ3v) is 4.88. The van der Waals surface area contributed by atoms with Gasteiger partial charge in [-0.15, -0.1) is 0 Å². The summed E-state index contributed by atoms with van der Waals surface area (Å²) in [5.41, 5.74) is 4.91. The van der Waals surface area contributed by atoms with Gasteiger partial charge in [0.15, 0.2) is 5.11 Å². The molecule has 3 rings (SSSR count). The second-order valence-electron chi connectivity index (χ2n) is 6.83. The highest BCUT2D eigenvalue weighted by atomic mass is 32.1. The van der Waals surface area contributed by atoms with Crippen LogP contribution in [0.1, 0.15) is 40.7 Å². The Morgan fingerprint density at radius 1 is 0.962 bits per heavy atom. The molecule has 26 heavy (non-hydrogen) atoms. The van der Waals surface area contributed by atoms with Crippen LogP contribution in [-0.4, -0.2) is 29.0 Å². The van der Waals surface area contributed by atoms with Gasteiger partial charge >= 0.3 is 0 Å². The smallest absolute Gasteiger partial charge is 0.253 e. The van der Waals surface area contributed by atoms with Gasteiger partial charge in [0, 0.05) is 30.0 Å². The number of nitrogens with zero attached hydrogens (tertiary/aromatic N) is 1. The summed E-state index contributed by atoms with van der Waals surface area (Å²) in [6.45, 7) is 5.83. The maximum Gasteiger partial charge on any atom is 0.253 e. The molecule has 1 amide bonds. The Balaban J connectivity index is 1.60. The average Bonchev–Trinajstić information content (AvgIpc) is 2.65. The van der Waals surface area contributed by atoms with Gasteiger partial charge in [0.1, 0.15) is 0 Å². The number of hydrogen-bond donors (Lipinski definition) is 2. The second-order valence-corrected chi connectivity index (χ2v) is 7.24. The van der Waals surface area contributed by atoms with Crippen LogP contribution < -0.4 is 10.6 Å². The van der Waals surface area contributed by atoms with E-state index >= 15 is 0 Å². The van der Waals surface area contributed by atoms with Gasteiger partial charge in [-0.3, -0.25) is 4.79 Å². The van der Waals surface area contributed by atoms with Crippen molar-refractivity contribution >= 4 is 34.6 Å². The summed E-state index contributed by atoms with van der Waals surface area (Å²) >= 11 is 5.41. The van der Waals surface area contributed by atoms with E-state index in [9.17, 15) is 4.79 Å². The minimum atomic E-state index is 0.118. The van der Waals surface area contributed by atoms with E-state index in [4.69, 9.17) is 12.2 Å². The topological polar surface area (TPSA) is 44.4 Å². The molecule has 1 saturated heterocycles. The Kier molecular flexibility index (Phi) is 5.89. The first-order valence-electron chi connectivity index (χ1n) is 9.07. The molecule has 0 saturated carbocycles. The largest absolute Gasteiger partial charge is 0.339 e. The zero-order valence-corrected chi connectivity index (χ0v) is 16.2. The van der Waals surface area contributed by atoms with E-state index < -0.39 is 0 Å². The highest BCUT2D eigenvalue weighted by Gasteiger charge is 2.17. The summed E-state index contributed by atoms with van der Waals surface area (Å²) < 4.78 is 0. The number of hydrogen-bond acceptors (Lipinski definition) is 2. The van der Waals surface area contributed by atoms with Crippen molar-refractivity contribution < 1.29 is 4.79 Å². The van der Waals surface area contributed by atoms with Crippen LogP contribution in [0.2, 0.25) is 0 Å². The maximum absolute atomic E-state index is 12.5. The number of benzene rings is 2. The molecule has 0 bridgehead atoms. The fourth-order valence-electron chi connectivity index (χ4n) is 3.13. The second kappa shape index (κ2) is 8.32. The number of nitrogens with one attached hydrogen (secondary N) is 2. The number of anilines is 2. The lowest BCUT2D eigenvalue weighted by Crippen LogP contribution is -2.35. The van der Waals surface area contributed by atoms with Crippen LogP contribution in [0.5, 0.6) is 0 Å². The van der Waals surface area contributed by atoms with Crippen LogP contribution in [0, 0.1) is 13.8 Å². The molecule has 0 aliphatic carbocycles. The number of rotatable bonds is 3. The van der Waals surface area contributed by atoms with E-state index in [0.29, 0.717) is 5.11 Å². The summed E-state index contributed by atoms with van der Waals surface area (Å²) in [4.78, 5) is 14.5. The molecule has 136 valence electrons. The number of piperidine rings is 1. The molecule has 2 aromatic rings. The monoisotopic (exact) mass is 367 g/mol. The number of thiocarbonyl (C=S) groups is 1. The van der Waals surface area contributed by atoms with E-state index in [-0.39, 0.29) is 5.91 Å². The van der Waals surface area contributed by atoms with Gasteiger partial charge in [-0.25, -0.2) is 0 Å². The van der Waals surface area contributed by atoms with Gasteiger partial charge in [-0.2, -0.15) is 0 Å². The van der Waals surface area contributed by atoms with Crippen molar-refractivity contribution in [1.29, 1.82) is 0 Å². The summed E-state index contributed by atoms with van der Waals surface area (Å²) in [6, 6.07) is 13.7. The van der Waals surface area contributed by atoms with E-state index in [2.05, 4.69) is 35.8 Å². The van der Waals surface area contributed by atoms with E-state index in [0.717, 1.165) is 48.4 Å². The number of carbonyl (C=O) groups is 1. The normalized spacial score (nSPS) is 14.0. The van der Waals surface area contributed by atoms with Crippen molar-refractivity contribution in [2.24, 2.45) is 0 Å². The molecule has 1 fully saturated rings. The zero-order chi connectivity index (χ0) is 18.5. The molecule has 1 aliphatic heterocycles. The van der Waals surface area contributed by atoms with Crippen molar-refractivity contribution in [1.82, 2.24) is 4.90 Å². The molecule has 4 nitrogen and oxygen atoms in total. The Morgan fingerprint density at radius 3 is 2.35 bits per heavy atom. The fraction of sp³-hybridized carbons (Fsp3) is 0.333. The molecule has 2 N–H and O–H groups in total. The third-order valence-electron chi connectivity index (χ3n) is 4.67. The lowest BCUT2D eigenvalue weighted by molar-refractivity contribution is 0.0724. The molecule has 0 radical (unpaired) electrons. The lowest BCUT2D eigenvalue weighted by atomic mass is 10.1. The zero-order valence-electron chi connectivity index (χ0n) is 15.3. The van der Waals surface area contributed by atoms with Crippen molar-refractivity contribution in [3.8, 4) is 0 Å². The SMILES string of the molecule is Cc1ccc(C)c(NC(=S)Nc2ccc(C(=O)N3CCCCC3)cc2)c1. The predicted molar refractivity (Wildman–Crippen MR) is 112 cm³/mol. The first-order valence-corrected chi connectivity index (χ1v) is 9.48. The average molecular weight is 368 g/mol. The predicted octanol–water partition coefficient (Wildman–Crippen LogP) is 4.74. The Hall–Kier alpha value is -2.40. The van der Waals surface area contributed by atoms with E-state index in [1.54, 1.807) is 0 Å². The van der Waals surface area contributed by atoms with Crippen LogP contribution in [0.3, 0.4) is 0 Å². The van der Waals surface area contributed by atoms with Gasteiger partial charge < -0.3 is 15.5 Å². The first kappa shape index (κ1) is 18.4. The fourth-order valence-corrected chi connectivity index (χ4v) is 3.36. The Morgan fingerprint density at radius 2 is 1.65 bits per heavy atom. The van der Waals surface area contributed by atoms with Gasteiger partial charge in [0.2, 0.25) is 0 Å². The maximum atomic E-state index is 12.5. The summed E-state index contributed by atoms with van der Waals surface area (Å²) in [5.74, 6) is 0.118. The molecule has 0 unspecified atom stereocenters. The van der Waals surface area contributed by atoms with Crippen molar-refractivity contribution in [3.05, 3.63) is 59.2 Å². The number of carbonyl (C=O) groups excluding carboxylic acids is 1. The molecular formula is C21H25N3OS. The number of amides is 1. The van der Waals surface area contributed by atoms with Crippen molar-refractivity contribution in [2.75, 3.05) is 23.7 Å². The van der Waals surface area contributed by atoms with Gasteiger partial charge in [0.05, 0.1) is 0 Å². The van der Waals surface area contributed by atoms with Gasteiger partial charge in [0.25, 0.3) is 5.91 Å². The minimum absolute atomic E-state index is 0.118. The van der Waals surface area contributed by atoms with Crippen LogP contribution in [0.15, 0.2) is 42.5 Å². The molecule has 5 heteroatoms. The molecule has 1 aliphatic rings. The van der Waals surface area contributed by atoms with Gasteiger partial charge in [-0.1, -0.05) is 12.1 Å². The van der Waals surface area contributed by atoms with Crippen LogP contribution in [0.25, 0.3) is 0 Å². The summed E-state index contributed by atoms with van der Waals surface area (Å²) in [5, 5.41) is 6.95. The van der Waals surface area contributed by atoms with E-state index in [1.807, 2.05) is 36.1 Å². The summed E-state index contributed by atoms with van der Waals surface area (Å²) in [7, 11) is 0. The van der Waals surface area contributed by atoms with Gasteiger partial charge in [-0.05, 0) is 86.8 Å². The van der Waals surface area contributed by atoms with E-state index in [1.165, 1.54) is 12.0 Å². The third kappa shape index (κ3) is 4.61. The van der Waals surface area contributed by atoms with Crippen molar-refractivity contribution in [2.45, 2.75) is 33.1 Å². The summed E-state index contributed by atoms with van der Waals surface area (Å²) in [6.07, 6.45) is 3.42. The number of aryl methyl sites for hydroxylation is 2. The quantitative estimate of drug-likeness (QED) is 0.769. The lowest BCUT2D eigenvalue weighted by Gasteiger charge is -2.26. The standard InChI is InChI=1S/C21H25N3OS/c1-15-6-7-16(2)19(14-15)23-21(26)22-18-10-8-17(9-11-18)20(25)24-12-4-3-5-13-24/h6-11,14H,3-5,12-13H2,1-2H3,(H2,22,23,26). The molecule has 2 aromatic carbocycles. The molecule has 1 heterocycles. The van der Waals surface area contributed by atoms with Crippen LogP contribution in [-0.2, 0) is 0 Å².